The Morgan fingerprint density at radius 3 is 2.29 bits per heavy atom. The summed E-state index contributed by atoms with van der Waals surface area (Å²) in [6.45, 7) is 3.88. The summed E-state index contributed by atoms with van der Waals surface area (Å²) < 4.78 is 19.0. The summed E-state index contributed by atoms with van der Waals surface area (Å²) in [7, 11) is -1.71. The van der Waals surface area contributed by atoms with Crippen LogP contribution in [0.5, 0.6) is 5.75 Å². The van der Waals surface area contributed by atoms with Gasteiger partial charge in [-0.05, 0) is 60.3 Å². The molecule has 0 saturated heterocycles. The maximum Gasteiger partial charge on any atom is 0.488 e. The zero-order chi connectivity index (χ0) is 15.6. The maximum absolute atomic E-state index is 13.4. The van der Waals surface area contributed by atoms with Gasteiger partial charge in [0.15, 0.2) is 0 Å². The van der Waals surface area contributed by atoms with Crippen LogP contribution in [0.1, 0.15) is 16.7 Å². The largest absolute Gasteiger partial charge is 0.489 e. The lowest BCUT2D eigenvalue weighted by Gasteiger charge is -2.11. The lowest BCUT2D eigenvalue weighted by atomic mass is 9.79. The molecule has 0 heterocycles. The van der Waals surface area contributed by atoms with Gasteiger partial charge in [-0.3, -0.25) is 0 Å². The van der Waals surface area contributed by atoms with E-state index in [0.717, 1.165) is 17.2 Å². The lowest BCUT2D eigenvalue weighted by Crippen LogP contribution is -2.30. The molecular formula is C15H15BClFO3. The molecule has 3 nitrogen and oxygen atoms in total. The predicted molar refractivity (Wildman–Crippen MR) is 81.5 cm³/mol. The van der Waals surface area contributed by atoms with E-state index in [1.165, 1.54) is 12.1 Å². The van der Waals surface area contributed by atoms with Gasteiger partial charge in [0.1, 0.15) is 18.2 Å². The quantitative estimate of drug-likeness (QED) is 0.853. The van der Waals surface area contributed by atoms with Gasteiger partial charge >= 0.3 is 7.12 Å². The second-order valence-electron chi connectivity index (χ2n) is 4.93. The Labute approximate surface area is 128 Å². The number of rotatable bonds is 4. The molecule has 0 saturated carbocycles. The van der Waals surface area contributed by atoms with Gasteiger partial charge in [-0.2, -0.15) is 0 Å². The molecule has 0 aliphatic rings. The molecule has 0 bridgehead atoms. The fraction of sp³-hybridized carbons (Fsp3) is 0.200. The van der Waals surface area contributed by atoms with Crippen molar-refractivity contribution in [2.75, 3.05) is 0 Å². The van der Waals surface area contributed by atoms with Crippen LogP contribution in [0.15, 0.2) is 30.3 Å². The monoisotopic (exact) mass is 308 g/mol. The Hall–Kier alpha value is -1.56. The first-order chi connectivity index (χ1) is 9.86. The summed E-state index contributed by atoms with van der Waals surface area (Å²) in [4.78, 5) is 0. The highest BCUT2D eigenvalue weighted by atomic mass is 35.5. The van der Waals surface area contributed by atoms with Gasteiger partial charge in [0.25, 0.3) is 0 Å². The van der Waals surface area contributed by atoms with Crippen LogP contribution in [-0.4, -0.2) is 17.2 Å². The third kappa shape index (κ3) is 3.97. The predicted octanol–water partition coefficient (Wildman–Crippen LogP) is 2.35. The van der Waals surface area contributed by atoms with Gasteiger partial charge in [-0.15, -0.1) is 0 Å². The Kier molecular flexibility index (Phi) is 4.88. The average Bonchev–Trinajstić information content (AvgIpc) is 2.41. The van der Waals surface area contributed by atoms with E-state index in [0.29, 0.717) is 16.3 Å². The van der Waals surface area contributed by atoms with Crippen molar-refractivity contribution in [2.24, 2.45) is 0 Å². The average molecular weight is 309 g/mol. The summed E-state index contributed by atoms with van der Waals surface area (Å²) in [5.41, 5.74) is 2.41. The van der Waals surface area contributed by atoms with Crippen LogP contribution in [0.2, 0.25) is 5.02 Å². The number of aryl methyl sites for hydroxylation is 2. The first-order valence-electron chi connectivity index (χ1n) is 6.42. The van der Waals surface area contributed by atoms with Gasteiger partial charge in [0.05, 0.1) is 0 Å². The van der Waals surface area contributed by atoms with E-state index in [9.17, 15) is 4.39 Å². The molecule has 2 N–H and O–H groups in total. The van der Waals surface area contributed by atoms with Crippen LogP contribution in [0.4, 0.5) is 4.39 Å². The minimum absolute atomic E-state index is 0.0945. The van der Waals surface area contributed by atoms with Crippen LogP contribution in [0.25, 0.3) is 0 Å². The van der Waals surface area contributed by atoms with Gasteiger partial charge < -0.3 is 14.8 Å². The van der Waals surface area contributed by atoms with E-state index in [-0.39, 0.29) is 12.1 Å². The molecule has 0 aliphatic carbocycles. The van der Waals surface area contributed by atoms with Crippen molar-refractivity contribution in [2.45, 2.75) is 20.5 Å². The van der Waals surface area contributed by atoms with Crippen molar-refractivity contribution in [1.29, 1.82) is 0 Å². The van der Waals surface area contributed by atoms with Gasteiger partial charge in [-0.25, -0.2) is 4.39 Å². The van der Waals surface area contributed by atoms with Crippen molar-refractivity contribution in [1.82, 2.24) is 0 Å². The van der Waals surface area contributed by atoms with Crippen LogP contribution >= 0.6 is 11.6 Å². The molecule has 0 radical (unpaired) electrons. The first kappa shape index (κ1) is 15.8. The van der Waals surface area contributed by atoms with Crippen molar-refractivity contribution >= 4 is 24.2 Å². The van der Waals surface area contributed by atoms with Crippen molar-refractivity contribution in [3.05, 3.63) is 57.9 Å². The molecule has 2 rings (SSSR count). The minimum Gasteiger partial charge on any atom is -0.489 e. The first-order valence-corrected chi connectivity index (χ1v) is 6.79. The fourth-order valence-corrected chi connectivity index (χ4v) is 2.17. The second-order valence-corrected chi connectivity index (χ2v) is 5.30. The molecule has 0 aliphatic heterocycles. The highest BCUT2D eigenvalue weighted by molar-refractivity contribution is 6.58. The second kappa shape index (κ2) is 6.47. The third-order valence-corrected chi connectivity index (χ3v) is 3.69. The molecule has 2 aromatic carbocycles. The lowest BCUT2D eigenvalue weighted by molar-refractivity contribution is 0.305. The SMILES string of the molecule is Cc1cc(OCc2cc(F)cc(B(O)O)c2)cc(C)c1Cl. The molecule has 0 fully saturated rings. The summed E-state index contributed by atoms with van der Waals surface area (Å²) >= 11 is 6.08. The van der Waals surface area contributed by atoms with Gasteiger partial charge in [0, 0.05) is 5.02 Å². The van der Waals surface area contributed by atoms with Crippen LogP contribution in [-0.2, 0) is 6.61 Å². The molecule has 21 heavy (non-hydrogen) atoms. The van der Waals surface area contributed by atoms with Crippen LogP contribution in [0.3, 0.4) is 0 Å². The molecule has 110 valence electrons. The number of benzene rings is 2. The summed E-state index contributed by atoms with van der Waals surface area (Å²) in [6.07, 6.45) is 0. The highest BCUT2D eigenvalue weighted by Crippen LogP contribution is 2.26. The number of halogens is 2. The van der Waals surface area contributed by atoms with Crippen LogP contribution < -0.4 is 10.2 Å². The smallest absolute Gasteiger partial charge is 0.488 e. The molecular weight excluding hydrogens is 293 g/mol. The van der Waals surface area contributed by atoms with E-state index < -0.39 is 12.9 Å². The normalized spacial score (nSPS) is 10.6. The Balaban J connectivity index is 2.16. The number of hydrogen-bond donors (Lipinski definition) is 2. The summed E-state index contributed by atoms with van der Waals surface area (Å²) in [5.74, 6) is 0.0902. The topological polar surface area (TPSA) is 49.7 Å². The summed E-state index contributed by atoms with van der Waals surface area (Å²) in [6, 6.07) is 7.46. The molecule has 6 heteroatoms. The molecule has 0 aromatic heterocycles. The fourth-order valence-electron chi connectivity index (χ4n) is 2.06. The molecule has 0 unspecified atom stereocenters. The van der Waals surface area contributed by atoms with E-state index in [1.54, 1.807) is 12.1 Å². The van der Waals surface area contributed by atoms with Crippen molar-refractivity contribution < 1.29 is 19.2 Å². The molecule has 0 amide bonds. The maximum atomic E-state index is 13.4. The Bertz CT molecular complexity index is 638. The zero-order valence-electron chi connectivity index (χ0n) is 11.7. The summed E-state index contributed by atoms with van der Waals surface area (Å²) in [5, 5.41) is 18.9. The van der Waals surface area contributed by atoms with E-state index >= 15 is 0 Å². The number of hydrogen-bond acceptors (Lipinski definition) is 3. The molecule has 0 spiro atoms. The Morgan fingerprint density at radius 1 is 1.10 bits per heavy atom. The van der Waals surface area contributed by atoms with E-state index in [4.69, 9.17) is 26.4 Å². The zero-order valence-corrected chi connectivity index (χ0v) is 12.5. The Morgan fingerprint density at radius 2 is 1.71 bits per heavy atom. The minimum atomic E-state index is -1.71. The highest BCUT2D eigenvalue weighted by Gasteiger charge is 2.13. The van der Waals surface area contributed by atoms with Gasteiger partial charge in [-0.1, -0.05) is 17.7 Å². The standard InChI is InChI=1S/C15H15BClFO3/c1-9-3-14(4-10(2)15(9)17)21-8-11-5-12(16(19)20)7-13(18)6-11/h3-7,19-20H,8H2,1-2H3. The van der Waals surface area contributed by atoms with E-state index in [2.05, 4.69) is 0 Å². The molecule has 0 atom stereocenters. The van der Waals surface area contributed by atoms with Crippen molar-refractivity contribution in [3.8, 4) is 5.75 Å². The number of ether oxygens (including phenoxy) is 1. The van der Waals surface area contributed by atoms with Crippen LogP contribution in [0, 0.1) is 19.7 Å². The third-order valence-electron chi connectivity index (χ3n) is 3.09. The molecule has 2 aromatic rings. The van der Waals surface area contributed by atoms with Gasteiger partial charge in [0.2, 0.25) is 0 Å². The van der Waals surface area contributed by atoms with E-state index in [1.807, 2.05) is 13.8 Å². The van der Waals surface area contributed by atoms with Crippen molar-refractivity contribution in [3.63, 3.8) is 0 Å².